The molecule has 0 bridgehead atoms. The summed E-state index contributed by atoms with van der Waals surface area (Å²) < 4.78 is 207. The fraction of sp³-hybridized carbons (Fsp3) is 0.339. The van der Waals surface area contributed by atoms with E-state index in [2.05, 4.69) is 25.4 Å². The van der Waals surface area contributed by atoms with Crippen LogP contribution < -0.4 is 25.4 Å². The number of hydrogen-bond donors (Lipinski definition) is 3. The molecule has 0 aliphatic carbocycles. The molecular weight excluding hydrogens is 1130 g/mol. The average Bonchev–Trinajstić information content (AvgIpc) is 2.99. The Morgan fingerprint density at radius 3 is 1.36 bits per heavy atom. The Labute approximate surface area is 467 Å². The van der Waals surface area contributed by atoms with Gasteiger partial charge in [-0.1, -0.05) is 84.9 Å². The molecule has 2 saturated heterocycles. The van der Waals surface area contributed by atoms with Gasteiger partial charge in [-0.3, -0.25) is 14.5 Å². The van der Waals surface area contributed by atoms with Crippen LogP contribution in [0.4, 0.5) is 66.3 Å². The highest BCUT2D eigenvalue weighted by Crippen LogP contribution is 2.41. The van der Waals surface area contributed by atoms with Crippen molar-refractivity contribution >= 4 is 17.9 Å². The van der Waals surface area contributed by atoms with E-state index in [0.717, 1.165) is 53.4 Å². The van der Waals surface area contributed by atoms with Gasteiger partial charge in [0.05, 0.1) is 23.7 Å². The molecule has 0 unspecified atom stereocenters. The van der Waals surface area contributed by atoms with Crippen LogP contribution in [-0.4, -0.2) is 91.0 Å². The van der Waals surface area contributed by atoms with Crippen LogP contribution in [0.15, 0.2) is 146 Å². The van der Waals surface area contributed by atoms with Gasteiger partial charge in [0.2, 0.25) is 11.8 Å². The molecule has 6 aromatic rings. The first-order valence-electron chi connectivity index (χ1n) is 25.5. The second kappa shape index (κ2) is 25.7. The highest BCUT2D eigenvalue weighted by atomic mass is 19.3. The Morgan fingerprint density at radius 2 is 0.976 bits per heavy atom. The number of hydrogen-bond acceptors (Lipinski definition) is 7. The van der Waals surface area contributed by atoms with Gasteiger partial charge < -0.3 is 30.2 Å². The zero-order valence-electron chi connectivity index (χ0n) is 44.3. The predicted octanol–water partition coefficient (Wildman–Crippen LogP) is 12.7. The Bertz CT molecular complexity index is 3180. The van der Waals surface area contributed by atoms with Crippen LogP contribution in [0.3, 0.4) is 0 Å². The first-order chi connectivity index (χ1) is 39.0. The average molecular weight is 1180 g/mol. The number of nitrogens with zero attached hydrogens (tertiary/aromatic N) is 1. The summed E-state index contributed by atoms with van der Waals surface area (Å²) in [5.74, 6) is -7.09. The molecule has 0 radical (unpaired) electrons. The number of halogens is 14. The second-order valence-corrected chi connectivity index (χ2v) is 20.7. The predicted molar refractivity (Wildman–Crippen MR) is 274 cm³/mol. The number of alkyl halides is 10. The summed E-state index contributed by atoms with van der Waals surface area (Å²) in [4.78, 5) is 41.2. The normalized spacial score (nSPS) is 18.8. The van der Waals surface area contributed by atoms with Gasteiger partial charge >= 0.3 is 31.2 Å². The van der Waals surface area contributed by atoms with Crippen LogP contribution in [0.25, 0.3) is 0 Å². The summed E-state index contributed by atoms with van der Waals surface area (Å²) >= 11 is 0. The smallest absolute Gasteiger partial charge is 0.444 e. The highest BCUT2D eigenvalue weighted by molar-refractivity contribution is 5.88. The van der Waals surface area contributed by atoms with Crippen molar-refractivity contribution in [2.45, 2.75) is 113 Å². The third kappa shape index (κ3) is 15.8. The van der Waals surface area contributed by atoms with Crippen LogP contribution >= 0.6 is 0 Å². The summed E-state index contributed by atoms with van der Waals surface area (Å²) in [5, 5.41) is 8.27. The Balaban J connectivity index is 0.000000242. The van der Waals surface area contributed by atoms with Crippen molar-refractivity contribution in [3.05, 3.63) is 202 Å². The number of rotatable bonds is 18. The molecule has 444 valence electrons. The number of carbonyl (C=O) groups is 3. The summed E-state index contributed by atoms with van der Waals surface area (Å²) in [6, 6.07) is 28.4. The van der Waals surface area contributed by atoms with Crippen molar-refractivity contribution in [2.75, 3.05) is 13.1 Å². The number of carbonyl (C=O) groups excluding carboxylic acids is 3. The first kappa shape index (κ1) is 62.7. The van der Waals surface area contributed by atoms with E-state index >= 15 is 4.39 Å². The Morgan fingerprint density at radius 1 is 0.554 bits per heavy atom. The van der Waals surface area contributed by atoms with Crippen molar-refractivity contribution in [1.29, 1.82) is 0 Å². The van der Waals surface area contributed by atoms with E-state index in [4.69, 9.17) is 4.74 Å². The maximum absolute atomic E-state index is 15.1. The minimum atomic E-state index is -4.99. The van der Waals surface area contributed by atoms with Gasteiger partial charge in [-0.05, 0) is 103 Å². The highest BCUT2D eigenvalue weighted by Gasteiger charge is 2.49. The minimum Gasteiger partial charge on any atom is -0.444 e. The third-order valence-electron chi connectivity index (χ3n) is 13.3. The van der Waals surface area contributed by atoms with Gasteiger partial charge in [0.25, 0.3) is 0 Å². The summed E-state index contributed by atoms with van der Waals surface area (Å²) in [6.07, 6.45) is -23.1. The Kier molecular flexibility index (Phi) is 19.4. The van der Waals surface area contributed by atoms with Crippen molar-refractivity contribution in [1.82, 2.24) is 20.9 Å². The van der Waals surface area contributed by atoms with E-state index in [-0.39, 0.29) is 48.1 Å². The molecular formula is C59H54F14N4O6. The van der Waals surface area contributed by atoms with Gasteiger partial charge in [0.15, 0.2) is 0 Å². The lowest BCUT2D eigenvalue weighted by Crippen LogP contribution is -2.55. The zero-order chi connectivity index (χ0) is 60.7. The number of benzene rings is 6. The van der Waals surface area contributed by atoms with Crippen molar-refractivity contribution in [2.24, 2.45) is 0 Å². The fourth-order valence-electron chi connectivity index (χ4n) is 9.57. The van der Waals surface area contributed by atoms with Crippen LogP contribution in [0.1, 0.15) is 67.0 Å². The molecule has 3 amide bonds. The number of ether oxygens (including phenoxy) is 3. The molecule has 0 aromatic heterocycles. The molecule has 2 aliphatic rings. The molecule has 3 N–H and O–H groups in total. The van der Waals surface area contributed by atoms with Gasteiger partial charge in [0, 0.05) is 44.4 Å². The number of nitrogens with one attached hydrogen (secondary N) is 3. The summed E-state index contributed by atoms with van der Waals surface area (Å²) in [5.41, 5.74) is -3.55. The molecule has 2 fully saturated rings. The quantitative estimate of drug-likeness (QED) is 0.0734. The molecule has 0 saturated carbocycles. The number of likely N-dealkylation sites (tertiary alicyclic amines) is 1. The maximum atomic E-state index is 15.1. The van der Waals surface area contributed by atoms with Gasteiger partial charge in [0.1, 0.15) is 58.8 Å². The molecule has 6 aromatic carbocycles. The molecule has 8 rings (SSSR count). The molecule has 83 heavy (non-hydrogen) atoms. The molecule has 2 aliphatic heterocycles. The standard InChI is InChI=1S/C32H31F7N2O4.C27H23F7N2O2/c1-30(2,3)45-29(43)41-18-24(35)16-26(41)27(42)40-31(17-19-7-5-4-6-8-19,20-9-11-22(33)12-10-20)21-13-23(34)15-25(14-21)44-32(38,39)28(36)37;28-19-8-6-17(7-9-19)26(14-16-4-2-1-3-5-16,36-24(37)23-13-21(30)15-35-23)18-10-20(29)12-22(11-18)38-27(33,34)25(31)32/h4-15,24,26,28H,16-18H2,1-3H3,(H,40,42);1-12,21,23,25,35H,13-15H2,(H,36,37)/t24-,26+,31-;21-,23+,26-/m11/s1. The van der Waals surface area contributed by atoms with E-state index in [1.54, 1.807) is 81.4 Å². The van der Waals surface area contributed by atoms with E-state index in [9.17, 15) is 71.5 Å². The zero-order valence-corrected chi connectivity index (χ0v) is 44.3. The number of amides is 3. The van der Waals surface area contributed by atoms with Crippen molar-refractivity contribution < 1.29 is 90.1 Å². The topological polar surface area (TPSA) is 118 Å². The molecule has 10 nitrogen and oxygen atoms in total. The van der Waals surface area contributed by atoms with Crippen molar-refractivity contribution in [3.8, 4) is 11.5 Å². The summed E-state index contributed by atoms with van der Waals surface area (Å²) in [7, 11) is 0. The molecule has 6 atom stereocenters. The Hall–Kier alpha value is -7.89. The van der Waals surface area contributed by atoms with Crippen molar-refractivity contribution in [3.63, 3.8) is 0 Å². The van der Waals surface area contributed by atoms with E-state index in [0.29, 0.717) is 23.3 Å². The fourth-order valence-corrected chi connectivity index (χ4v) is 9.57. The van der Waals surface area contributed by atoms with E-state index < -0.39 is 132 Å². The molecule has 2 heterocycles. The van der Waals surface area contributed by atoms with Gasteiger partial charge in [-0.25, -0.2) is 31.1 Å². The first-order valence-corrected chi connectivity index (χ1v) is 25.5. The van der Waals surface area contributed by atoms with Crippen LogP contribution in [0, 0.1) is 23.3 Å². The van der Waals surface area contributed by atoms with Gasteiger partial charge in [-0.15, -0.1) is 0 Å². The van der Waals surface area contributed by atoms with Crippen LogP contribution in [-0.2, 0) is 38.2 Å². The molecule has 24 heteroatoms. The third-order valence-corrected chi connectivity index (χ3v) is 13.3. The second-order valence-electron chi connectivity index (χ2n) is 20.7. The minimum absolute atomic E-state index is 0.0685. The van der Waals surface area contributed by atoms with Crippen LogP contribution in [0.5, 0.6) is 11.5 Å². The lowest BCUT2D eigenvalue weighted by atomic mass is 9.77. The van der Waals surface area contributed by atoms with Gasteiger partial charge in [-0.2, -0.15) is 35.1 Å². The SMILES string of the molecule is CC(C)(C)OC(=O)N1C[C@H](F)C[C@H]1C(=O)N[C@](Cc1ccccc1)(c1ccc(F)cc1)c1cc(F)cc(OC(F)(F)C(F)F)c1.O=C(N[C@](Cc1ccccc1)(c1ccc(F)cc1)c1cc(F)cc(OC(F)(F)C(F)F)c1)[C@@H]1C[C@@H](F)CN1. The maximum Gasteiger partial charge on any atom is 0.461 e. The lowest BCUT2D eigenvalue weighted by Gasteiger charge is -2.38. The van der Waals surface area contributed by atoms with E-state index in [1.165, 1.54) is 24.3 Å². The van der Waals surface area contributed by atoms with Crippen LogP contribution in [0.2, 0.25) is 0 Å². The monoisotopic (exact) mass is 1180 g/mol. The lowest BCUT2D eigenvalue weighted by molar-refractivity contribution is -0.253. The molecule has 0 spiro atoms. The van der Waals surface area contributed by atoms with E-state index in [1.807, 2.05) is 0 Å². The largest absolute Gasteiger partial charge is 0.461 e. The summed E-state index contributed by atoms with van der Waals surface area (Å²) in [6.45, 7) is 4.23.